The van der Waals surface area contributed by atoms with E-state index in [1.807, 2.05) is 60.7 Å². The number of carboxylic acids is 3. The first kappa shape index (κ1) is 71.2. The topological polar surface area (TPSA) is 253 Å². The van der Waals surface area contributed by atoms with Crippen LogP contribution < -0.4 is 40.6 Å². The Labute approximate surface area is 460 Å². The van der Waals surface area contributed by atoms with Gasteiger partial charge in [0.05, 0.1) is 18.4 Å². The molecule has 0 unspecified atom stereocenters. The molecule has 0 bridgehead atoms. The van der Waals surface area contributed by atoms with Crippen molar-refractivity contribution in [1.29, 1.82) is 0 Å². The van der Waals surface area contributed by atoms with Crippen LogP contribution in [0.3, 0.4) is 0 Å². The molecule has 0 saturated heterocycles. The molecular weight excluding hydrogens is 942 g/mol. The third-order valence-electron chi connectivity index (χ3n) is 14.5. The van der Waals surface area contributed by atoms with Crippen molar-refractivity contribution in [2.75, 3.05) is 26.2 Å². The minimum Gasteiger partial charge on any atom is -0.870 e. The van der Waals surface area contributed by atoms with Gasteiger partial charge >= 0.3 is 59.6 Å². The number of carbonyl (C=O) groups is 6. The Kier molecular flexibility index (Phi) is 39.5. The van der Waals surface area contributed by atoms with Crippen molar-refractivity contribution >= 4 is 35.9 Å². The van der Waals surface area contributed by atoms with Crippen LogP contribution in [-0.4, -0.2) is 100.0 Å². The number of esters is 1. The van der Waals surface area contributed by atoms with E-state index in [-0.39, 0.29) is 65.3 Å². The van der Waals surface area contributed by atoms with Gasteiger partial charge in [0.2, 0.25) is 5.91 Å². The molecule has 3 aliphatic carbocycles. The maximum absolute atomic E-state index is 12.4. The van der Waals surface area contributed by atoms with E-state index in [0.29, 0.717) is 36.5 Å². The summed E-state index contributed by atoms with van der Waals surface area (Å²) in [4.78, 5) is 69.9. The van der Waals surface area contributed by atoms with Gasteiger partial charge in [-0.3, -0.25) is 19.2 Å². The minimum absolute atomic E-state index is 0. The van der Waals surface area contributed by atoms with Crippen LogP contribution in [0.2, 0.25) is 0 Å². The fraction of sp³-hybridized carbons (Fsp3) is 0.684. The van der Waals surface area contributed by atoms with Crippen LogP contribution in [0.5, 0.6) is 0 Å². The molecule has 3 fully saturated rings. The fourth-order valence-corrected chi connectivity index (χ4v) is 9.38. The van der Waals surface area contributed by atoms with Crippen molar-refractivity contribution in [3.8, 4) is 0 Å². The van der Waals surface area contributed by atoms with Gasteiger partial charge in [0.1, 0.15) is 12.1 Å². The maximum Gasteiger partial charge on any atom is 1.00 e. The van der Waals surface area contributed by atoms with Gasteiger partial charge in [-0.05, 0) is 157 Å². The van der Waals surface area contributed by atoms with Crippen molar-refractivity contribution < 1.29 is 88.6 Å². The van der Waals surface area contributed by atoms with Gasteiger partial charge in [0.25, 0.3) is 0 Å². The van der Waals surface area contributed by atoms with Gasteiger partial charge < -0.3 is 46.2 Å². The van der Waals surface area contributed by atoms with E-state index in [0.717, 1.165) is 100 Å². The molecule has 2 aromatic carbocycles. The number of rotatable bonds is 17. The second kappa shape index (κ2) is 40.5. The van der Waals surface area contributed by atoms with Crippen LogP contribution in [-0.2, 0) is 46.3 Å². The van der Waals surface area contributed by atoms with Gasteiger partial charge in [0.15, 0.2) is 0 Å². The van der Waals surface area contributed by atoms with E-state index in [4.69, 9.17) is 15.9 Å². The second-order valence-corrected chi connectivity index (χ2v) is 20.4. The Morgan fingerprint density at radius 1 is 0.575 bits per heavy atom. The molecule has 0 spiro atoms. The van der Waals surface area contributed by atoms with Crippen LogP contribution in [0.15, 0.2) is 60.7 Å². The Balaban J connectivity index is 0. The summed E-state index contributed by atoms with van der Waals surface area (Å²) in [6.07, 6.45) is 11.4. The zero-order valence-electron chi connectivity index (χ0n) is 46.4. The van der Waals surface area contributed by atoms with Gasteiger partial charge in [-0.15, -0.1) is 0 Å². The van der Waals surface area contributed by atoms with Crippen LogP contribution >= 0.6 is 0 Å². The number of nitrogens with zero attached hydrogens (tertiary/aromatic N) is 1. The molecule has 410 valence electrons. The summed E-state index contributed by atoms with van der Waals surface area (Å²) in [6.45, 7) is 25.4. The molecule has 3 saturated carbocycles. The molecular formula is C57H94N3NaO12. The molecule has 15 nitrogen and oxygen atoms in total. The number of carboxylic acid groups (broad SMARTS) is 3. The summed E-state index contributed by atoms with van der Waals surface area (Å²) >= 11 is 0. The monoisotopic (exact) mass is 1040 g/mol. The second-order valence-electron chi connectivity index (χ2n) is 20.4. The Bertz CT molecular complexity index is 1790. The van der Waals surface area contributed by atoms with Crippen LogP contribution in [0.4, 0.5) is 4.79 Å². The van der Waals surface area contributed by atoms with Crippen molar-refractivity contribution in [2.45, 2.75) is 171 Å². The summed E-state index contributed by atoms with van der Waals surface area (Å²) in [6, 6.07) is 17.1. The first-order valence-electron chi connectivity index (χ1n) is 26.6. The number of nitrogens with one attached hydrogen (secondary N) is 1. The van der Waals surface area contributed by atoms with Gasteiger partial charge in [-0.25, -0.2) is 9.59 Å². The third-order valence-corrected chi connectivity index (χ3v) is 14.5. The van der Waals surface area contributed by atoms with E-state index in [2.05, 4.69) is 82.0 Å². The van der Waals surface area contributed by atoms with E-state index in [1.54, 1.807) is 6.92 Å². The molecule has 7 N–H and O–H groups in total. The predicted molar refractivity (Wildman–Crippen MR) is 282 cm³/mol. The van der Waals surface area contributed by atoms with E-state index in [9.17, 15) is 33.9 Å². The van der Waals surface area contributed by atoms with Crippen LogP contribution in [0.25, 0.3) is 0 Å². The summed E-state index contributed by atoms with van der Waals surface area (Å²) in [5.74, 6) is 0.911. The number of carbonyl (C=O) groups excluding carboxylic acids is 3. The number of aliphatic carboxylic acids is 3. The summed E-state index contributed by atoms with van der Waals surface area (Å²) in [5.41, 5.74) is 7.22. The fourth-order valence-electron chi connectivity index (χ4n) is 9.38. The predicted octanol–water partition coefficient (Wildman–Crippen LogP) is 7.76. The summed E-state index contributed by atoms with van der Waals surface area (Å²) < 4.78 is 9.21. The number of hydrogen-bond donors (Lipinski definition) is 5. The zero-order valence-corrected chi connectivity index (χ0v) is 48.4. The smallest absolute Gasteiger partial charge is 0.870 e. The molecule has 0 aromatic heterocycles. The normalized spacial score (nSPS) is 20.9. The molecule has 0 aliphatic heterocycles. The number of amides is 1. The summed E-state index contributed by atoms with van der Waals surface area (Å²) in [7, 11) is 0. The van der Waals surface area contributed by atoms with Gasteiger partial charge in [-0.1, -0.05) is 123 Å². The standard InChI is InChI=1S/C19H27NO3.C13H22O4.C10H18O2.C9H11NO2.C6H15N.Na.H2O/c1-13(2)15-8-10-16(11-9-15)18(21)20-17(19(22)23)12-14-6-4-3-5-7-14;1-4-16-13(15)17-12(14)11-7-5-10(6-8-11)9(2)3;1-7(2)8-3-5-9(6-4-8)10(11)12;10-8(9(11)12)6-7-4-2-1-3-5-7;1-4-7(5-2)6-3;;/h3-7,13,15-17H,8-12H2,1-2H3,(H,20,21)(H,22,23);9-11H,4-8H2,1-3H3;7-9H,3-6H2,1-2H3,(H,11,12);1-5,8H,6,10H2,(H,11,12);4-6H2,1-3H3;;1H2/q;;;;;+1;/p-1/t15?,16?,17-;;;8-;;;/m1..1.../s1. The number of hydrogen-bond acceptors (Lipinski definition) is 11. The molecule has 0 heterocycles. The molecule has 1 amide bonds. The minimum atomic E-state index is -0.974. The molecule has 3 aliphatic rings. The molecule has 5 rings (SSSR count). The molecule has 0 radical (unpaired) electrons. The van der Waals surface area contributed by atoms with Gasteiger partial charge in [-0.2, -0.15) is 0 Å². The van der Waals surface area contributed by atoms with E-state index in [1.165, 1.54) is 19.6 Å². The van der Waals surface area contributed by atoms with Crippen molar-refractivity contribution in [2.24, 2.45) is 59.0 Å². The number of benzene rings is 2. The van der Waals surface area contributed by atoms with Crippen LogP contribution in [0.1, 0.15) is 157 Å². The maximum atomic E-state index is 12.4. The van der Waals surface area contributed by atoms with Crippen LogP contribution in [0, 0.1) is 53.3 Å². The van der Waals surface area contributed by atoms with E-state index < -0.39 is 42.1 Å². The number of ether oxygens (including phenoxy) is 2. The van der Waals surface area contributed by atoms with Gasteiger partial charge in [0, 0.05) is 12.3 Å². The Morgan fingerprint density at radius 2 is 0.945 bits per heavy atom. The average Bonchev–Trinajstić information content (AvgIpc) is 3.35. The SMILES string of the molecule is CC(C)C1CCC(C(=O)N[C@H](Cc2ccccc2)C(=O)O)CC1.CC(C)C1CCC(C(=O)O)CC1.CCN(CC)CC.CCOC(=O)OC(=O)C1CCC(C(C)C)CC1.N[C@H](Cc1ccccc1)C(=O)O.[Na+].[OH-]. The largest absolute Gasteiger partial charge is 1.00 e. The Hall–Kier alpha value is -3.86. The third kappa shape index (κ3) is 30.3. The quantitative estimate of drug-likeness (QED) is 0.0577. The van der Waals surface area contributed by atoms with Crippen molar-refractivity contribution in [1.82, 2.24) is 10.2 Å². The molecule has 2 aromatic rings. The molecule has 16 heteroatoms. The van der Waals surface area contributed by atoms with E-state index >= 15 is 0 Å². The molecule has 73 heavy (non-hydrogen) atoms. The zero-order chi connectivity index (χ0) is 53.5. The van der Waals surface area contributed by atoms with Crippen molar-refractivity contribution in [3.05, 3.63) is 71.8 Å². The Morgan fingerprint density at radius 3 is 1.26 bits per heavy atom. The number of nitrogens with two attached hydrogens (primary N) is 1. The average molecular weight is 1040 g/mol. The summed E-state index contributed by atoms with van der Waals surface area (Å²) in [5, 5.41) is 29.4. The first-order valence-corrected chi connectivity index (χ1v) is 26.6. The molecule has 2 atom stereocenters. The first-order chi connectivity index (χ1) is 33.7. The van der Waals surface area contributed by atoms with Crippen molar-refractivity contribution in [3.63, 3.8) is 0 Å².